The zero-order valence-electron chi connectivity index (χ0n) is 12.7. The van der Waals surface area contributed by atoms with E-state index < -0.39 is 0 Å². The Labute approximate surface area is 124 Å². The molecule has 0 unspecified atom stereocenters. The van der Waals surface area contributed by atoms with E-state index in [9.17, 15) is 4.79 Å². The van der Waals surface area contributed by atoms with Gasteiger partial charge in [0.05, 0.1) is 12.1 Å². The lowest BCUT2D eigenvalue weighted by Crippen LogP contribution is -2.27. The van der Waals surface area contributed by atoms with Gasteiger partial charge in [-0.2, -0.15) is 5.10 Å². The van der Waals surface area contributed by atoms with Gasteiger partial charge in [0, 0.05) is 18.1 Å². The largest absolute Gasteiger partial charge is 0.366 e. The summed E-state index contributed by atoms with van der Waals surface area (Å²) in [6.45, 7) is 6.53. The van der Waals surface area contributed by atoms with Crippen LogP contribution in [0.15, 0.2) is 42.7 Å². The monoisotopic (exact) mass is 287 g/mol. The Kier molecular flexibility index (Phi) is 4.75. The molecule has 0 radical (unpaired) electrons. The summed E-state index contributed by atoms with van der Waals surface area (Å²) < 4.78 is 7.29. The lowest BCUT2D eigenvalue weighted by atomic mass is 10.2. The average molecular weight is 287 g/mol. The predicted molar refractivity (Wildman–Crippen MR) is 82.1 cm³/mol. The highest BCUT2D eigenvalue weighted by molar-refractivity contribution is 5.91. The summed E-state index contributed by atoms with van der Waals surface area (Å²) in [6.07, 6.45) is 3.67. The molecule has 0 aliphatic heterocycles. The first-order valence-corrected chi connectivity index (χ1v) is 6.92. The molecule has 1 N–H and O–H groups in total. The highest BCUT2D eigenvalue weighted by Crippen LogP contribution is 2.11. The van der Waals surface area contributed by atoms with Crippen molar-refractivity contribution in [2.24, 2.45) is 0 Å². The number of aromatic nitrogens is 2. The second-order valence-electron chi connectivity index (χ2n) is 5.85. The van der Waals surface area contributed by atoms with Crippen molar-refractivity contribution in [3.05, 3.63) is 48.3 Å². The van der Waals surface area contributed by atoms with Gasteiger partial charge in [0.2, 0.25) is 5.91 Å². The molecule has 0 saturated heterocycles. The molecule has 0 aliphatic rings. The first kappa shape index (κ1) is 15.3. The smallest absolute Gasteiger partial charge is 0.250 e. The Morgan fingerprint density at radius 1 is 1.29 bits per heavy atom. The number of nitrogens with one attached hydrogen (secondary N) is 1. The van der Waals surface area contributed by atoms with Crippen molar-refractivity contribution in [3.63, 3.8) is 0 Å². The van der Waals surface area contributed by atoms with Gasteiger partial charge >= 0.3 is 0 Å². The number of anilines is 1. The Bertz CT molecular complexity index is 569. The van der Waals surface area contributed by atoms with Crippen LogP contribution in [0.2, 0.25) is 0 Å². The maximum atomic E-state index is 11.8. The van der Waals surface area contributed by atoms with Gasteiger partial charge in [-0.1, -0.05) is 12.1 Å². The minimum atomic E-state index is -0.315. The Morgan fingerprint density at radius 2 is 2.00 bits per heavy atom. The van der Waals surface area contributed by atoms with Gasteiger partial charge in [-0.3, -0.25) is 9.48 Å². The van der Waals surface area contributed by atoms with Crippen LogP contribution in [0.1, 0.15) is 26.3 Å². The maximum Gasteiger partial charge on any atom is 0.250 e. The quantitative estimate of drug-likeness (QED) is 0.920. The Hall–Kier alpha value is -2.14. The van der Waals surface area contributed by atoms with Gasteiger partial charge in [0.15, 0.2) is 0 Å². The number of hydrogen-bond donors (Lipinski definition) is 1. The van der Waals surface area contributed by atoms with Gasteiger partial charge in [0.25, 0.3) is 0 Å². The third kappa shape index (κ3) is 5.39. The zero-order chi connectivity index (χ0) is 15.3. The number of carbonyl (C=O) groups is 1. The second-order valence-corrected chi connectivity index (χ2v) is 5.85. The number of carbonyl (C=O) groups excluding carboxylic acids is 1. The molecule has 0 saturated carbocycles. The molecule has 5 heteroatoms. The average Bonchev–Trinajstić information content (AvgIpc) is 2.91. The van der Waals surface area contributed by atoms with E-state index in [2.05, 4.69) is 10.4 Å². The van der Waals surface area contributed by atoms with E-state index in [1.807, 2.05) is 62.0 Å². The van der Waals surface area contributed by atoms with E-state index >= 15 is 0 Å². The molecule has 2 aromatic rings. The molecule has 0 aliphatic carbocycles. The molecule has 1 amide bonds. The summed E-state index contributed by atoms with van der Waals surface area (Å²) in [6, 6.07) is 9.61. The van der Waals surface area contributed by atoms with Crippen LogP contribution in [0.5, 0.6) is 0 Å². The molecule has 5 nitrogen and oxygen atoms in total. The molecule has 0 bridgehead atoms. The summed E-state index contributed by atoms with van der Waals surface area (Å²) >= 11 is 0. The van der Waals surface area contributed by atoms with Crippen molar-refractivity contribution < 1.29 is 9.53 Å². The third-order valence-electron chi connectivity index (χ3n) is 2.78. The molecule has 1 heterocycles. The fourth-order valence-electron chi connectivity index (χ4n) is 1.75. The number of hydrogen-bond acceptors (Lipinski definition) is 3. The fraction of sp³-hybridized carbons (Fsp3) is 0.375. The van der Waals surface area contributed by atoms with Crippen LogP contribution in [0.3, 0.4) is 0 Å². The van der Waals surface area contributed by atoms with Crippen LogP contribution < -0.4 is 5.32 Å². The van der Waals surface area contributed by atoms with Gasteiger partial charge in [-0.25, -0.2) is 0 Å². The molecule has 0 atom stereocenters. The minimum Gasteiger partial charge on any atom is -0.366 e. The van der Waals surface area contributed by atoms with Crippen molar-refractivity contribution in [1.29, 1.82) is 0 Å². The Balaban J connectivity index is 1.86. The van der Waals surface area contributed by atoms with Crippen LogP contribution in [-0.2, 0) is 16.1 Å². The summed E-state index contributed by atoms with van der Waals surface area (Å²) in [7, 11) is 0. The number of ether oxygens (including phenoxy) is 1. The van der Waals surface area contributed by atoms with Crippen molar-refractivity contribution in [1.82, 2.24) is 9.78 Å². The third-order valence-corrected chi connectivity index (χ3v) is 2.78. The topological polar surface area (TPSA) is 56.1 Å². The van der Waals surface area contributed by atoms with Gasteiger partial charge < -0.3 is 10.1 Å². The van der Waals surface area contributed by atoms with Crippen molar-refractivity contribution in [2.45, 2.75) is 32.9 Å². The van der Waals surface area contributed by atoms with E-state index in [1.165, 1.54) is 0 Å². The fourth-order valence-corrected chi connectivity index (χ4v) is 1.75. The number of amides is 1. The molecule has 0 fully saturated rings. The van der Waals surface area contributed by atoms with Gasteiger partial charge in [-0.15, -0.1) is 0 Å². The molecular weight excluding hydrogens is 266 g/mol. The first-order chi connectivity index (χ1) is 9.92. The highest BCUT2D eigenvalue weighted by atomic mass is 16.5. The summed E-state index contributed by atoms with van der Waals surface area (Å²) in [5, 5.41) is 6.97. The van der Waals surface area contributed by atoms with E-state index in [-0.39, 0.29) is 18.1 Å². The summed E-state index contributed by atoms with van der Waals surface area (Å²) in [5.41, 5.74) is 1.58. The second kappa shape index (κ2) is 6.54. The molecular formula is C16H21N3O2. The lowest BCUT2D eigenvalue weighted by molar-refractivity contribution is -0.125. The van der Waals surface area contributed by atoms with E-state index in [4.69, 9.17) is 4.74 Å². The number of nitrogens with zero attached hydrogens (tertiary/aromatic N) is 2. The molecule has 112 valence electrons. The van der Waals surface area contributed by atoms with Crippen molar-refractivity contribution in [2.75, 3.05) is 11.9 Å². The van der Waals surface area contributed by atoms with Crippen molar-refractivity contribution >= 4 is 11.6 Å². The normalized spacial score (nSPS) is 11.4. The zero-order valence-corrected chi connectivity index (χ0v) is 12.7. The molecule has 1 aromatic heterocycles. The Morgan fingerprint density at radius 3 is 2.57 bits per heavy atom. The van der Waals surface area contributed by atoms with Crippen LogP contribution in [0, 0.1) is 0 Å². The van der Waals surface area contributed by atoms with Crippen LogP contribution in [0.25, 0.3) is 0 Å². The van der Waals surface area contributed by atoms with Gasteiger partial charge in [-0.05, 0) is 44.5 Å². The van der Waals surface area contributed by atoms with E-state index in [0.29, 0.717) is 6.54 Å². The standard InChI is InChI=1S/C16H21N3O2/c1-16(2,3)21-12-15(20)18-14-7-5-13(6-8-14)11-19-10-4-9-17-19/h4-10H,11-12H2,1-3H3,(H,18,20). The van der Waals surface area contributed by atoms with Crippen LogP contribution >= 0.6 is 0 Å². The number of rotatable bonds is 5. The maximum absolute atomic E-state index is 11.8. The predicted octanol–water partition coefficient (Wildman–Crippen LogP) is 2.69. The van der Waals surface area contributed by atoms with Crippen LogP contribution in [-0.4, -0.2) is 27.9 Å². The number of benzene rings is 1. The van der Waals surface area contributed by atoms with Crippen molar-refractivity contribution in [3.8, 4) is 0 Å². The lowest BCUT2D eigenvalue weighted by Gasteiger charge is -2.19. The van der Waals surface area contributed by atoms with E-state index in [1.54, 1.807) is 6.20 Å². The van der Waals surface area contributed by atoms with Gasteiger partial charge in [0.1, 0.15) is 6.61 Å². The highest BCUT2D eigenvalue weighted by Gasteiger charge is 2.12. The minimum absolute atomic E-state index is 0.0541. The van der Waals surface area contributed by atoms with Crippen LogP contribution in [0.4, 0.5) is 5.69 Å². The first-order valence-electron chi connectivity index (χ1n) is 6.92. The summed E-state index contributed by atoms with van der Waals surface area (Å²) in [4.78, 5) is 11.8. The molecule has 21 heavy (non-hydrogen) atoms. The molecule has 0 spiro atoms. The summed E-state index contributed by atoms with van der Waals surface area (Å²) in [5.74, 6) is -0.148. The van der Waals surface area contributed by atoms with E-state index in [0.717, 1.165) is 11.3 Å². The SMILES string of the molecule is CC(C)(C)OCC(=O)Nc1ccc(Cn2cccn2)cc1. The molecule has 2 rings (SSSR count). The molecule has 1 aromatic carbocycles.